The molecule has 2 aromatic rings. The van der Waals surface area contributed by atoms with E-state index in [0.29, 0.717) is 18.9 Å². The fraction of sp³-hybridized carbons (Fsp3) is 0.458. The number of hydrogen-bond acceptors (Lipinski definition) is 4. The van der Waals surface area contributed by atoms with Crippen molar-refractivity contribution in [3.05, 3.63) is 59.4 Å². The Morgan fingerprint density at radius 2 is 1.78 bits per heavy atom. The van der Waals surface area contributed by atoms with Crippen molar-refractivity contribution in [1.29, 1.82) is 0 Å². The largest absolute Gasteiger partial charge is 0.381 e. The first-order valence-corrected chi connectivity index (χ1v) is 12.8. The highest BCUT2D eigenvalue weighted by atomic mass is 32.2. The predicted octanol–water partition coefficient (Wildman–Crippen LogP) is 3.59. The van der Waals surface area contributed by atoms with Crippen LogP contribution in [0.3, 0.4) is 0 Å². The summed E-state index contributed by atoms with van der Waals surface area (Å²) < 4.78 is 95.7. The Bertz CT molecular complexity index is 1270. The highest BCUT2D eigenvalue weighted by molar-refractivity contribution is 7.89. The Labute approximate surface area is 205 Å². The number of alkyl halides is 2. The van der Waals surface area contributed by atoms with Gasteiger partial charge in [-0.25, -0.2) is 26.3 Å². The van der Waals surface area contributed by atoms with Crippen LogP contribution < -0.4 is 4.72 Å². The number of rotatable bonds is 7. The minimum Gasteiger partial charge on any atom is -0.381 e. The molecule has 2 fully saturated rings. The summed E-state index contributed by atoms with van der Waals surface area (Å²) in [7, 11) is -5.05. The molecule has 0 unspecified atom stereocenters. The van der Waals surface area contributed by atoms with E-state index in [1.165, 1.54) is 36.9 Å². The number of amides is 1. The standard InChI is InChI=1S/C24H25F5N2O4S/c1-23(2,33)21(32)31-12-24(6-7-24)20(30-36(34,35)22(28)29)18(31)10-13-4-3-5-17(19(13)27)14-8-15(25)11-16(26)9-14/h3-5,8-9,11,18,20,22,30,33H,6-7,10,12H2,1-2H3/t18-,20+/m0/s1. The molecule has 0 aromatic heterocycles. The molecular formula is C24H25F5N2O4S. The van der Waals surface area contributed by atoms with Crippen LogP contribution in [0, 0.1) is 22.9 Å². The van der Waals surface area contributed by atoms with Gasteiger partial charge in [0.25, 0.3) is 15.9 Å². The molecule has 1 amide bonds. The maximum atomic E-state index is 15.6. The smallest absolute Gasteiger partial charge is 0.350 e. The summed E-state index contributed by atoms with van der Waals surface area (Å²) in [5.74, 6) is -7.16. The fourth-order valence-corrected chi connectivity index (χ4v) is 5.77. The zero-order valence-corrected chi connectivity index (χ0v) is 20.3. The van der Waals surface area contributed by atoms with Crippen LogP contribution in [0.1, 0.15) is 32.3 Å². The van der Waals surface area contributed by atoms with E-state index in [9.17, 15) is 35.9 Å². The van der Waals surface area contributed by atoms with Gasteiger partial charge in [-0.15, -0.1) is 0 Å². The van der Waals surface area contributed by atoms with E-state index >= 15 is 4.39 Å². The maximum Gasteiger partial charge on any atom is 0.350 e. The maximum absolute atomic E-state index is 15.6. The lowest BCUT2D eigenvalue weighted by Gasteiger charge is -2.32. The molecule has 196 valence electrons. The van der Waals surface area contributed by atoms with Crippen LogP contribution in [-0.2, 0) is 21.2 Å². The van der Waals surface area contributed by atoms with Crippen LogP contribution in [0.15, 0.2) is 36.4 Å². The van der Waals surface area contributed by atoms with Gasteiger partial charge in [0, 0.05) is 29.6 Å². The molecule has 0 radical (unpaired) electrons. The number of hydrogen-bond donors (Lipinski definition) is 2. The number of nitrogens with one attached hydrogen (secondary N) is 1. The second-order valence-electron chi connectivity index (χ2n) is 9.96. The zero-order chi connectivity index (χ0) is 26.6. The first-order valence-electron chi connectivity index (χ1n) is 11.2. The lowest BCUT2D eigenvalue weighted by Crippen LogP contribution is -2.53. The highest BCUT2D eigenvalue weighted by Gasteiger charge is 2.62. The molecule has 1 saturated carbocycles. The van der Waals surface area contributed by atoms with Gasteiger partial charge in [0.05, 0.1) is 6.04 Å². The van der Waals surface area contributed by atoms with Gasteiger partial charge in [-0.3, -0.25) is 4.79 Å². The predicted molar refractivity (Wildman–Crippen MR) is 121 cm³/mol. The van der Waals surface area contributed by atoms with E-state index in [4.69, 9.17) is 0 Å². The van der Waals surface area contributed by atoms with Crippen molar-refractivity contribution in [3.8, 4) is 11.1 Å². The number of benzene rings is 2. The number of aliphatic hydroxyl groups is 1. The first-order chi connectivity index (χ1) is 16.6. The molecule has 36 heavy (non-hydrogen) atoms. The molecule has 1 heterocycles. The number of nitrogens with zero attached hydrogens (tertiary/aromatic N) is 1. The Kier molecular flexibility index (Phi) is 6.67. The van der Waals surface area contributed by atoms with Crippen molar-refractivity contribution in [3.63, 3.8) is 0 Å². The SMILES string of the molecule is CC(C)(O)C(=O)N1CC2(CC2)[C@H](NS(=O)(=O)C(F)F)[C@@H]1Cc1cccc(-c2cc(F)cc(F)c2)c1F. The summed E-state index contributed by atoms with van der Waals surface area (Å²) >= 11 is 0. The molecule has 1 aliphatic carbocycles. The molecule has 2 aromatic carbocycles. The van der Waals surface area contributed by atoms with Gasteiger partial charge in [-0.1, -0.05) is 18.2 Å². The summed E-state index contributed by atoms with van der Waals surface area (Å²) in [6, 6.07) is 4.37. The van der Waals surface area contributed by atoms with Gasteiger partial charge >= 0.3 is 5.76 Å². The molecule has 0 bridgehead atoms. The third-order valence-corrected chi connectivity index (χ3v) is 7.87. The molecule has 2 atom stereocenters. The van der Waals surface area contributed by atoms with Crippen molar-refractivity contribution >= 4 is 15.9 Å². The highest BCUT2D eigenvalue weighted by Crippen LogP contribution is 2.56. The van der Waals surface area contributed by atoms with Crippen LogP contribution in [0.2, 0.25) is 0 Å². The molecule has 1 spiro atoms. The average Bonchev–Trinajstić information content (AvgIpc) is 3.48. The molecule has 6 nitrogen and oxygen atoms in total. The number of sulfonamides is 1. The molecule has 2 N–H and O–H groups in total. The lowest BCUT2D eigenvalue weighted by atomic mass is 9.91. The number of likely N-dealkylation sites (tertiary alicyclic amines) is 1. The second-order valence-corrected chi connectivity index (χ2v) is 11.6. The van der Waals surface area contributed by atoms with Gasteiger partial charge < -0.3 is 10.0 Å². The van der Waals surface area contributed by atoms with Gasteiger partial charge in [-0.05, 0) is 56.4 Å². The van der Waals surface area contributed by atoms with E-state index in [-0.39, 0.29) is 29.7 Å². The van der Waals surface area contributed by atoms with Crippen LogP contribution >= 0.6 is 0 Å². The fourth-order valence-electron chi connectivity index (χ4n) is 4.90. The Balaban J connectivity index is 1.76. The molecule has 4 rings (SSSR count). The summed E-state index contributed by atoms with van der Waals surface area (Å²) in [5.41, 5.74) is -2.90. The quantitative estimate of drug-likeness (QED) is 0.534. The Morgan fingerprint density at radius 3 is 2.31 bits per heavy atom. The van der Waals surface area contributed by atoms with Gasteiger partial charge in [0.15, 0.2) is 0 Å². The molecule has 1 aliphatic heterocycles. The number of carbonyl (C=O) groups is 1. The lowest BCUT2D eigenvalue weighted by molar-refractivity contribution is -0.149. The third-order valence-electron chi connectivity index (χ3n) is 6.81. The van der Waals surface area contributed by atoms with Gasteiger partial charge in [-0.2, -0.15) is 8.78 Å². The molecule has 12 heteroatoms. The van der Waals surface area contributed by atoms with E-state index in [0.717, 1.165) is 12.1 Å². The summed E-state index contributed by atoms with van der Waals surface area (Å²) in [4.78, 5) is 14.3. The normalized spacial score (nSPS) is 21.4. The van der Waals surface area contributed by atoms with Crippen molar-refractivity contribution in [2.24, 2.45) is 5.41 Å². The third kappa shape index (κ3) is 4.98. The topological polar surface area (TPSA) is 86.7 Å². The van der Waals surface area contributed by atoms with Crippen molar-refractivity contribution in [1.82, 2.24) is 9.62 Å². The minimum atomic E-state index is -5.05. The minimum absolute atomic E-state index is 0.00661. The van der Waals surface area contributed by atoms with E-state index < -0.39 is 62.2 Å². The Hall–Kier alpha value is -2.57. The average molecular weight is 533 g/mol. The van der Waals surface area contributed by atoms with Gasteiger partial charge in [0.1, 0.15) is 23.1 Å². The van der Waals surface area contributed by atoms with Crippen molar-refractivity contribution in [2.75, 3.05) is 6.54 Å². The monoisotopic (exact) mass is 532 g/mol. The number of carbonyl (C=O) groups excluding carboxylic acids is 1. The van der Waals surface area contributed by atoms with E-state index in [1.807, 2.05) is 4.72 Å². The summed E-state index contributed by atoms with van der Waals surface area (Å²) in [5, 5.41) is 10.3. The summed E-state index contributed by atoms with van der Waals surface area (Å²) in [6.07, 6.45) is 0.596. The van der Waals surface area contributed by atoms with Crippen LogP contribution in [0.4, 0.5) is 22.0 Å². The molecule has 2 aliphatic rings. The van der Waals surface area contributed by atoms with Crippen LogP contribution in [-0.4, -0.2) is 54.3 Å². The van der Waals surface area contributed by atoms with Crippen LogP contribution in [0.25, 0.3) is 11.1 Å². The van der Waals surface area contributed by atoms with Gasteiger partial charge in [0.2, 0.25) is 0 Å². The van der Waals surface area contributed by atoms with E-state index in [1.54, 1.807) is 0 Å². The number of halogens is 5. The first kappa shape index (κ1) is 26.5. The summed E-state index contributed by atoms with van der Waals surface area (Å²) in [6.45, 7) is 2.47. The zero-order valence-electron chi connectivity index (χ0n) is 19.4. The van der Waals surface area contributed by atoms with Crippen LogP contribution in [0.5, 0.6) is 0 Å². The van der Waals surface area contributed by atoms with E-state index in [2.05, 4.69) is 0 Å². The molecule has 1 saturated heterocycles. The van der Waals surface area contributed by atoms with Crippen molar-refractivity contribution in [2.45, 2.75) is 56.6 Å². The molecular weight excluding hydrogens is 507 g/mol. The Morgan fingerprint density at radius 1 is 1.17 bits per heavy atom. The second kappa shape index (κ2) is 9.07. The van der Waals surface area contributed by atoms with Crippen molar-refractivity contribution < 1.29 is 40.3 Å².